The van der Waals surface area contributed by atoms with Crippen molar-refractivity contribution >= 4 is 38.2 Å². The van der Waals surface area contributed by atoms with Gasteiger partial charge in [-0.05, 0) is 16.3 Å². The van der Waals surface area contributed by atoms with Crippen molar-refractivity contribution in [1.29, 1.82) is 0 Å². The molecular weight excluding hydrogens is 554 g/mol. The molecule has 2 atom stereocenters. The van der Waals surface area contributed by atoms with Crippen LogP contribution >= 0.6 is 0 Å². The predicted octanol–water partition coefficient (Wildman–Crippen LogP) is 7.19. The zero-order valence-electron chi connectivity index (χ0n) is 23.0. The third-order valence-electron chi connectivity index (χ3n) is 8.09. The number of aromatic hydroxyl groups is 1. The highest BCUT2D eigenvalue weighted by molar-refractivity contribution is 6.14. The highest BCUT2D eigenvalue weighted by atomic mass is 16.7. The Morgan fingerprint density at radius 3 is 1.98 bits per heavy atom. The van der Waals surface area contributed by atoms with Gasteiger partial charge in [-0.15, -0.1) is 0 Å². The van der Waals surface area contributed by atoms with Crippen molar-refractivity contribution in [2.45, 2.75) is 18.8 Å². The van der Waals surface area contributed by atoms with Crippen molar-refractivity contribution in [3.05, 3.63) is 99.8 Å². The zero-order valence-corrected chi connectivity index (χ0v) is 23.0. The van der Waals surface area contributed by atoms with E-state index in [4.69, 9.17) is 28.1 Å². The number of nitrogens with zero attached hydrogens (tertiary/aromatic N) is 1. The molecule has 0 bridgehead atoms. The van der Waals surface area contributed by atoms with Gasteiger partial charge in [0, 0.05) is 29.3 Å². The van der Waals surface area contributed by atoms with E-state index in [1.807, 2.05) is 36.4 Å². The number of ether oxygens (including phenoxy) is 5. The molecule has 0 aliphatic carbocycles. The lowest BCUT2D eigenvalue weighted by Gasteiger charge is -2.30. The quantitative estimate of drug-likeness (QED) is 0.129. The molecule has 2 aliphatic rings. The second kappa shape index (κ2) is 9.18. The average molecular weight is 578 g/mol. The summed E-state index contributed by atoms with van der Waals surface area (Å²) in [5.41, 5.74) is 1.44. The molecule has 2 aliphatic heterocycles. The van der Waals surface area contributed by atoms with Gasteiger partial charge in [0.25, 0.3) is 12.0 Å². The van der Waals surface area contributed by atoms with Crippen LogP contribution in [0.2, 0.25) is 0 Å². The zero-order chi connectivity index (χ0) is 29.4. The van der Waals surface area contributed by atoms with Gasteiger partial charge in [-0.1, -0.05) is 60.7 Å². The van der Waals surface area contributed by atoms with E-state index in [-0.39, 0.29) is 35.0 Å². The van der Waals surface area contributed by atoms with Crippen molar-refractivity contribution < 1.29 is 38.1 Å². The van der Waals surface area contributed by atoms with Crippen LogP contribution in [0.4, 0.5) is 5.69 Å². The second-order valence-corrected chi connectivity index (χ2v) is 10.4. The summed E-state index contributed by atoms with van der Waals surface area (Å²) in [5.74, 6) is 2.18. The van der Waals surface area contributed by atoms with E-state index in [0.717, 1.165) is 21.5 Å². The molecule has 3 heterocycles. The minimum atomic E-state index is -0.858. The van der Waals surface area contributed by atoms with E-state index in [0.29, 0.717) is 39.5 Å². The molecule has 0 saturated carbocycles. The molecule has 5 aromatic carbocycles. The molecule has 1 N–H and O–H groups in total. The minimum absolute atomic E-state index is 0.0268. The van der Waals surface area contributed by atoms with E-state index >= 15 is 0 Å². The highest BCUT2D eigenvalue weighted by Crippen LogP contribution is 2.60. The first-order chi connectivity index (χ1) is 21.0. The van der Waals surface area contributed by atoms with Gasteiger partial charge >= 0.3 is 0 Å². The van der Waals surface area contributed by atoms with E-state index in [2.05, 4.69) is 12.1 Å². The summed E-state index contributed by atoms with van der Waals surface area (Å²) < 4.78 is 37.4. The Labute approximate surface area is 243 Å². The molecule has 10 nitrogen and oxygen atoms in total. The molecule has 0 fully saturated rings. The fraction of sp³-hybridized carbons (Fsp3) is 0.152. The van der Waals surface area contributed by atoms with E-state index in [1.165, 1.54) is 26.4 Å². The summed E-state index contributed by atoms with van der Waals surface area (Å²) in [6.07, 6.45) is -1.43. The van der Waals surface area contributed by atoms with Crippen molar-refractivity contribution in [1.82, 2.24) is 0 Å². The number of furan rings is 1. The number of nitro benzene ring substituents is 1. The van der Waals surface area contributed by atoms with Gasteiger partial charge in [0.05, 0.1) is 24.7 Å². The summed E-state index contributed by atoms with van der Waals surface area (Å²) in [5, 5.41) is 26.6. The lowest BCUT2D eigenvalue weighted by molar-refractivity contribution is -0.384. The van der Waals surface area contributed by atoms with Gasteiger partial charge in [0.15, 0.2) is 34.3 Å². The smallest absolute Gasteiger partial charge is 0.282 e. The summed E-state index contributed by atoms with van der Waals surface area (Å²) in [7, 11) is 2.98. The summed E-state index contributed by atoms with van der Waals surface area (Å²) in [6, 6.07) is 22.0. The van der Waals surface area contributed by atoms with E-state index in [9.17, 15) is 15.2 Å². The molecule has 10 heteroatoms. The van der Waals surface area contributed by atoms with Gasteiger partial charge in [-0.2, -0.15) is 0 Å². The number of benzene rings is 5. The largest absolute Gasteiger partial charge is 0.504 e. The molecule has 0 radical (unpaired) electrons. The maximum atomic E-state index is 11.4. The van der Waals surface area contributed by atoms with Gasteiger partial charge in [-0.25, -0.2) is 0 Å². The van der Waals surface area contributed by atoms with Gasteiger partial charge in [-0.3, -0.25) is 10.1 Å². The first kappa shape index (κ1) is 25.1. The molecule has 43 heavy (non-hydrogen) atoms. The Hall–Kier alpha value is -5.64. The number of hydrogen-bond acceptors (Lipinski definition) is 9. The van der Waals surface area contributed by atoms with Crippen LogP contribution < -0.4 is 23.7 Å². The Balaban J connectivity index is 1.28. The fourth-order valence-corrected chi connectivity index (χ4v) is 6.18. The van der Waals surface area contributed by atoms with Crippen LogP contribution in [0.5, 0.6) is 34.5 Å². The average Bonchev–Trinajstić information content (AvgIpc) is 3.56. The van der Waals surface area contributed by atoms with Crippen molar-refractivity contribution in [2.24, 2.45) is 0 Å². The van der Waals surface area contributed by atoms with Crippen LogP contribution in [-0.2, 0) is 6.42 Å². The Morgan fingerprint density at radius 1 is 0.791 bits per heavy atom. The van der Waals surface area contributed by atoms with Gasteiger partial charge in [0.2, 0.25) is 11.9 Å². The molecular formula is C33H23NO9. The maximum absolute atomic E-state index is 11.4. The first-order valence-corrected chi connectivity index (χ1v) is 13.6. The lowest BCUT2D eigenvalue weighted by atomic mass is 9.98. The molecule has 8 rings (SSSR count). The molecule has 6 aromatic rings. The van der Waals surface area contributed by atoms with Crippen LogP contribution in [0.25, 0.3) is 32.5 Å². The second-order valence-electron chi connectivity index (χ2n) is 10.4. The summed E-state index contributed by atoms with van der Waals surface area (Å²) in [4.78, 5) is 10.6. The fourth-order valence-electron chi connectivity index (χ4n) is 6.18. The van der Waals surface area contributed by atoms with Crippen LogP contribution in [0.3, 0.4) is 0 Å². The molecule has 0 spiro atoms. The van der Waals surface area contributed by atoms with Crippen molar-refractivity contribution in [3.63, 3.8) is 0 Å². The van der Waals surface area contributed by atoms with Crippen LogP contribution in [0.15, 0.2) is 77.2 Å². The highest BCUT2D eigenvalue weighted by Gasteiger charge is 2.49. The Bertz CT molecular complexity index is 2120. The number of non-ortho nitro benzene ring substituents is 1. The van der Waals surface area contributed by atoms with Gasteiger partial charge < -0.3 is 33.2 Å². The van der Waals surface area contributed by atoms with E-state index < -0.39 is 17.3 Å². The topological polar surface area (TPSA) is 123 Å². The van der Waals surface area contributed by atoms with Crippen molar-refractivity contribution in [2.75, 3.05) is 14.2 Å². The molecule has 214 valence electrons. The normalized spacial score (nSPS) is 16.6. The first-order valence-electron chi connectivity index (χ1n) is 13.6. The third kappa shape index (κ3) is 3.52. The maximum Gasteiger partial charge on any atom is 0.282 e. The number of rotatable bonds is 5. The third-order valence-corrected chi connectivity index (χ3v) is 8.09. The Morgan fingerprint density at radius 2 is 1.37 bits per heavy atom. The monoisotopic (exact) mass is 577 g/mol. The molecule has 0 amide bonds. The summed E-state index contributed by atoms with van der Waals surface area (Å²) in [6.45, 7) is 0. The lowest BCUT2D eigenvalue weighted by Crippen LogP contribution is -2.33. The van der Waals surface area contributed by atoms with Crippen molar-refractivity contribution in [3.8, 4) is 34.5 Å². The predicted molar refractivity (Wildman–Crippen MR) is 157 cm³/mol. The number of fused-ring (bicyclic) bond motifs is 10. The van der Waals surface area contributed by atoms with Gasteiger partial charge in [0.1, 0.15) is 11.1 Å². The molecule has 2 unspecified atom stereocenters. The minimum Gasteiger partial charge on any atom is -0.504 e. The SMILES string of the molecule is COc1c2c(c(OC)c3c(O)c(Cc4ccc([N+](=O)[O-])cc4)oc13)C1Oc3c(c4ccccc4c4ccccc34)OC1O2. The van der Waals surface area contributed by atoms with E-state index in [1.54, 1.807) is 12.1 Å². The molecule has 1 aromatic heterocycles. The Kier molecular flexibility index (Phi) is 5.36. The number of nitro groups is 1. The van der Waals surface area contributed by atoms with Crippen LogP contribution in [-0.4, -0.2) is 30.5 Å². The summed E-state index contributed by atoms with van der Waals surface area (Å²) >= 11 is 0. The number of hydrogen-bond donors (Lipinski definition) is 1. The van der Waals surface area contributed by atoms with Crippen LogP contribution in [0.1, 0.15) is 23.0 Å². The standard InChI is InChI=1S/C33H23NO9/c1-38-28-23-25(35)22(15-16-11-13-17(14-12-16)34(36)37)40-29(23)32(39-2)30-24(28)31-33(43-30)42-27-21-10-6-4-8-19(21)18-7-3-5-9-20(18)26(27)41-31/h3-14,31,33,35H,15H2,1-2H3. The molecule has 0 saturated heterocycles. The number of methoxy groups -OCH3 is 2. The van der Waals surface area contributed by atoms with Crippen LogP contribution in [0, 0.1) is 10.1 Å².